The number of aryl methyl sites for hydroxylation is 1. The Labute approximate surface area is 186 Å². The van der Waals surface area contributed by atoms with E-state index in [1.54, 1.807) is 43.5 Å². The number of carbonyl (C=O) groups is 2. The number of amides is 1. The molecule has 0 fully saturated rings. The van der Waals surface area contributed by atoms with Gasteiger partial charge in [-0.2, -0.15) is 0 Å². The largest absolute Gasteiger partial charge is 0.497 e. The Morgan fingerprint density at radius 2 is 1.62 bits per heavy atom. The Hall–Kier alpha value is -4.00. The van der Waals surface area contributed by atoms with E-state index >= 15 is 0 Å². The highest BCUT2D eigenvalue weighted by atomic mass is 16.5. The van der Waals surface area contributed by atoms with Crippen molar-refractivity contribution in [1.29, 1.82) is 0 Å². The second-order valence-corrected chi connectivity index (χ2v) is 6.93. The van der Waals surface area contributed by atoms with Gasteiger partial charge in [0.25, 0.3) is 5.91 Å². The Bertz CT molecular complexity index is 1080. The molecule has 0 radical (unpaired) electrons. The maximum Gasteiger partial charge on any atom is 0.338 e. The summed E-state index contributed by atoms with van der Waals surface area (Å²) >= 11 is 0. The van der Waals surface area contributed by atoms with Gasteiger partial charge in [0.2, 0.25) is 0 Å². The first-order valence-corrected chi connectivity index (χ1v) is 9.96. The van der Waals surface area contributed by atoms with Crippen molar-refractivity contribution < 1.29 is 28.5 Å². The summed E-state index contributed by atoms with van der Waals surface area (Å²) in [6.07, 6.45) is 0. The number of hydrogen-bond donors (Lipinski definition) is 1. The molecule has 1 N–H and O–H groups in total. The minimum atomic E-state index is -0.477. The lowest BCUT2D eigenvalue weighted by atomic mass is 10.1. The van der Waals surface area contributed by atoms with Gasteiger partial charge in [0.05, 0.1) is 19.8 Å². The quantitative estimate of drug-likeness (QED) is 0.502. The fourth-order valence-electron chi connectivity index (χ4n) is 2.93. The van der Waals surface area contributed by atoms with Gasteiger partial charge in [0, 0.05) is 5.69 Å². The van der Waals surface area contributed by atoms with Crippen LogP contribution in [0.25, 0.3) is 0 Å². The number of nitrogens with one attached hydrogen (secondary N) is 1. The Morgan fingerprint density at radius 3 is 2.31 bits per heavy atom. The van der Waals surface area contributed by atoms with E-state index in [-0.39, 0.29) is 19.1 Å². The van der Waals surface area contributed by atoms with Crippen LogP contribution in [0.15, 0.2) is 66.7 Å². The topological polar surface area (TPSA) is 83.1 Å². The molecular weight excluding hydrogens is 410 g/mol. The van der Waals surface area contributed by atoms with E-state index in [1.165, 1.54) is 13.2 Å². The smallest absolute Gasteiger partial charge is 0.338 e. The van der Waals surface area contributed by atoms with Crippen molar-refractivity contribution in [1.82, 2.24) is 0 Å². The third-order valence-electron chi connectivity index (χ3n) is 4.75. The van der Waals surface area contributed by atoms with Gasteiger partial charge < -0.3 is 24.3 Å². The minimum Gasteiger partial charge on any atom is -0.497 e. The zero-order chi connectivity index (χ0) is 22.9. The minimum absolute atomic E-state index is 0.178. The molecule has 0 unspecified atom stereocenters. The predicted octanol–water partition coefficient (Wildman–Crippen LogP) is 4.39. The summed E-state index contributed by atoms with van der Waals surface area (Å²) in [5, 5.41) is 2.73. The van der Waals surface area contributed by atoms with Crippen molar-refractivity contribution in [2.45, 2.75) is 13.5 Å². The van der Waals surface area contributed by atoms with Gasteiger partial charge in [-0.25, -0.2) is 4.79 Å². The Morgan fingerprint density at radius 1 is 0.875 bits per heavy atom. The molecule has 0 spiro atoms. The van der Waals surface area contributed by atoms with E-state index < -0.39 is 5.97 Å². The molecule has 7 heteroatoms. The van der Waals surface area contributed by atoms with Crippen LogP contribution >= 0.6 is 0 Å². The zero-order valence-electron chi connectivity index (χ0n) is 18.2. The summed E-state index contributed by atoms with van der Waals surface area (Å²) in [5.74, 6) is 0.552. The maximum atomic E-state index is 12.4. The summed E-state index contributed by atoms with van der Waals surface area (Å²) in [7, 11) is 3.03. The molecule has 0 aliphatic heterocycles. The van der Waals surface area contributed by atoms with Crippen molar-refractivity contribution >= 4 is 17.6 Å². The van der Waals surface area contributed by atoms with E-state index in [1.807, 2.05) is 31.2 Å². The van der Waals surface area contributed by atoms with Crippen molar-refractivity contribution in [3.05, 3.63) is 83.4 Å². The van der Waals surface area contributed by atoms with Gasteiger partial charge in [-0.3, -0.25) is 4.79 Å². The Kier molecular flexibility index (Phi) is 7.70. The van der Waals surface area contributed by atoms with Crippen molar-refractivity contribution in [2.75, 3.05) is 26.1 Å². The van der Waals surface area contributed by atoms with E-state index in [4.69, 9.17) is 18.9 Å². The second-order valence-electron chi connectivity index (χ2n) is 6.93. The van der Waals surface area contributed by atoms with E-state index in [9.17, 15) is 9.59 Å². The van der Waals surface area contributed by atoms with Gasteiger partial charge in [-0.05, 0) is 60.5 Å². The average molecular weight is 435 g/mol. The lowest BCUT2D eigenvalue weighted by Crippen LogP contribution is -2.20. The van der Waals surface area contributed by atoms with E-state index in [0.717, 1.165) is 11.1 Å². The van der Waals surface area contributed by atoms with Gasteiger partial charge in [0.15, 0.2) is 18.1 Å². The molecule has 1 amide bonds. The third-order valence-corrected chi connectivity index (χ3v) is 4.75. The summed E-state index contributed by atoms with van der Waals surface area (Å²) in [4.78, 5) is 24.6. The van der Waals surface area contributed by atoms with E-state index in [0.29, 0.717) is 28.5 Å². The van der Waals surface area contributed by atoms with Crippen LogP contribution in [0, 0.1) is 6.92 Å². The van der Waals surface area contributed by atoms with Gasteiger partial charge in [0.1, 0.15) is 12.4 Å². The number of esters is 1. The first-order valence-electron chi connectivity index (χ1n) is 9.96. The fraction of sp³-hybridized carbons (Fsp3) is 0.200. The van der Waals surface area contributed by atoms with Crippen LogP contribution < -0.4 is 19.5 Å². The molecule has 0 bridgehead atoms. The van der Waals surface area contributed by atoms with E-state index in [2.05, 4.69) is 5.32 Å². The first-order chi connectivity index (χ1) is 15.5. The van der Waals surface area contributed by atoms with Crippen LogP contribution in [0.3, 0.4) is 0 Å². The van der Waals surface area contributed by atoms with Gasteiger partial charge in [-0.15, -0.1) is 0 Å². The highest BCUT2D eigenvalue weighted by Crippen LogP contribution is 2.28. The molecule has 0 saturated carbocycles. The lowest BCUT2D eigenvalue weighted by Gasteiger charge is -2.13. The molecule has 3 rings (SSSR count). The first kappa shape index (κ1) is 22.7. The van der Waals surface area contributed by atoms with Gasteiger partial charge in [-0.1, -0.05) is 24.3 Å². The maximum absolute atomic E-state index is 12.4. The van der Waals surface area contributed by atoms with Crippen LogP contribution in [-0.4, -0.2) is 32.7 Å². The molecule has 32 heavy (non-hydrogen) atoms. The normalized spacial score (nSPS) is 10.2. The molecule has 7 nitrogen and oxygen atoms in total. The SMILES string of the molecule is COc1ccc(NC(=O)COc2ccc(C(=O)OCc3ccccc3C)cc2OC)cc1. The van der Waals surface area contributed by atoms with Crippen LogP contribution in [0.5, 0.6) is 17.2 Å². The molecule has 0 saturated heterocycles. The fourth-order valence-corrected chi connectivity index (χ4v) is 2.93. The van der Waals surface area contributed by atoms with Crippen LogP contribution in [-0.2, 0) is 16.1 Å². The van der Waals surface area contributed by atoms with Crippen LogP contribution in [0.2, 0.25) is 0 Å². The average Bonchev–Trinajstić information content (AvgIpc) is 2.82. The van der Waals surface area contributed by atoms with Crippen LogP contribution in [0.1, 0.15) is 21.5 Å². The lowest BCUT2D eigenvalue weighted by molar-refractivity contribution is -0.118. The molecular formula is C25H25NO6. The number of benzene rings is 3. The highest BCUT2D eigenvalue weighted by molar-refractivity contribution is 5.92. The summed E-state index contributed by atoms with van der Waals surface area (Å²) < 4.78 is 21.4. The van der Waals surface area contributed by atoms with Crippen molar-refractivity contribution in [2.24, 2.45) is 0 Å². The molecule has 0 aliphatic carbocycles. The number of ether oxygens (including phenoxy) is 4. The second kappa shape index (κ2) is 10.9. The highest BCUT2D eigenvalue weighted by Gasteiger charge is 2.14. The predicted molar refractivity (Wildman–Crippen MR) is 120 cm³/mol. The number of hydrogen-bond acceptors (Lipinski definition) is 6. The van der Waals surface area contributed by atoms with Crippen LogP contribution in [0.4, 0.5) is 5.69 Å². The zero-order valence-corrected chi connectivity index (χ0v) is 18.2. The van der Waals surface area contributed by atoms with Gasteiger partial charge >= 0.3 is 5.97 Å². The standard InChI is InChI=1S/C25H25NO6/c1-17-6-4-5-7-19(17)15-32-25(28)18-8-13-22(23(14-18)30-3)31-16-24(27)26-20-9-11-21(29-2)12-10-20/h4-14H,15-16H2,1-3H3,(H,26,27). The third kappa shape index (κ3) is 6.01. The molecule has 0 aromatic heterocycles. The molecule has 0 heterocycles. The summed E-state index contributed by atoms with van der Waals surface area (Å²) in [6.45, 7) is 1.92. The number of methoxy groups -OCH3 is 2. The summed E-state index contributed by atoms with van der Waals surface area (Å²) in [6, 6.07) is 19.3. The summed E-state index contributed by atoms with van der Waals surface area (Å²) in [5.41, 5.74) is 2.94. The molecule has 0 aliphatic rings. The molecule has 3 aromatic carbocycles. The number of anilines is 1. The van der Waals surface area contributed by atoms with Crippen molar-refractivity contribution in [3.8, 4) is 17.2 Å². The Balaban J connectivity index is 1.57. The molecule has 166 valence electrons. The monoisotopic (exact) mass is 435 g/mol. The molecule has 3 aromatic rings. The number of rotatable bonds is 9. The number of carbonyl (C=O) groups excluding carboxylic acids is 2. The van der Waals surface area contributed by atoms with Crippen molar-refractivity contribution in [3.63, 3.8) is 0 Å². The molecule has 0 atom stereocenters.